The molecule has 31 heavy (non-hydrogen) atoms. The van der Waals surface area contributed by atoms with Crippen LogP contribution < -0.4 is 9.47 Å². The second-order valence-electron chi connectivity index (χ2n) is 7.93. The van der Waals surface area contributed by atoms with Gasteiger partial charge in [-0.25, -0.2) is 13.4 Å². The van der Waals surface area contributed by atoms with Gasteiger partial charge in [-0.2, -0.15) is 9.29 Å². The number of nitrogens with zero attached hydrogens (tertiary/aromatic N) is 4. The van der Waals surface area contributed by atoms with E-state index in [1.165, 1.54) is 17.6 Å². The quantitative estimate of drug-likeness (QED) is 0.536. The summed E-state index contributed by atoms with van der Waals surface area (Å²) in [6, 6.07) is 11.9. The Morgan fingerprint density at radius 2 is 1.81 bits per heavy atom. The predicted molar refractivity (Wildman–Crippen MR) is 119 cm³/mol. The van der Waals surface area contributed by atoms with Crippen LogP contribution in [0.5, 0.6) is 16.7 Å². The maximum Gasteiger partial charge on any atom is 0.281 e. The second kappa shape index (κ2) is 8.34. The lowest BCUT2D eigenvalue weighted by atomic mass is 10.2. The van der Waals surface area contributed by atoms with Gasteiger partial charge in [0.2, 0.25) is 10.0 Å². The molecule has 3 aromatic rings. The summed E-state index contributed by atoms with van der Waals surface area (Å²) in [5.41, 5.74) is 0.689. The smallest absolute Gasteiger partial charge is 0.281 e. The number of piperazine rings is 1. The van der Waals surface area contributed by atoms with Crippen molar-refractivity contribution in [3.63, 3.8) is 0 Å². The number of hydrogen-bond donors (Lipinski definition) is 0. The number of aromatic nitrogens is 2. The van der Waals surface area contributed by atoms with E-state index in [-0.39, 0.29) is 12.1 Å². The Morgan fingerprint density at radius 3 is 2.48 bits per heavy atom. The number of ether oxygens (including phenoxy) is 2. The Labute approximate surface area is 185 Å². The normalized spacial score (nSPS) is 22.1. The SMILES string of the molecule is CS(=O)(=O)N1C[C@H]2CC[C@@H](C1)N2CCOc1ccc(Oc2nc3ncccc3s2)cc1. The van der Waals surface area contributed by atoms with E-state index in [0.717, 1.165) is 29.8 Å². The molecule has 2 aromatic heterocycles. The van der Waals surface area contributed by atoms with Crippen LogP contribution in [0.15, 0.2) is 42.6 Å². The van der Waals surface area contributed by atoms with Crippen LogP contribution in [0, 0.1) is 0 Å². The summed E-state index contributed by atoms with van der Waals surface area (Å²) in [5.74, 6) is 1.47. The lowest BCUT2D eigenvalue weighted by Gasteiger charge is -2.39. The van der Waals surface area contributed by atoms with Gasteiger partial charge in [0.1, 0.15) is 18.1 Å². The highest BCUT2D eigenvalue weighted by Gasteiger charge is 2.42. The fraction of sp³-hybridized carbons (Fsp3) is 0.429. The van der Waals surface area contributed by atoms with Gasteiger partial charge in [-0.15, -0.1) is 0 Å². The number of pyridine rings is 1. The fourth-order valence-electron chi connectivity index (χ4n) is 4.35. The topological polar surface area (TPSA) is 84.9 Å². The molecule has 4 heterocycles. The third kappa shape index (κ3) is 4.52. The Hall–Kier alpha value is -2.27. The maximum atomic E-state index is 11.9. The summed E-state index contributed by atoms with van der Waals surface area (Å²) >= 11 is 1.46. The highest BCUT2D eigenvalue weighted by molar-refractivity contribution is 7.88. The average molecular weight is 461 g/mol. The molecule has 0 N–H and O–H groups in total. The van der Waals surface area contributed by atoms with Crippen LogP contribution in [0.2, 0.25) is 0 Å². The lowest BCUT2D eigenvalue weighted by Crippen LogP contribution is -2.55. The highest BCUT2D eigenvalue weighted by Crippen LogP contribution is 2.32. The summed E-state index contributed by atoms with van der Waals surface area (Å²) < 4.78 is 38.1. The van der Waals surface area contributed by atoms with E-state index in [1.807, 2.05) is 36.4 Å². The van der Waals surface area contributed by atoms with Gasteiger partial charge in [0.25, 0.3) is 5.19 Å². The van der Waals surface area contributed by atoms with Gasteiger partial charge < -0.3 is 9.47 Å². The van der Waals surface area contributed by atoms with E-state index in [2.05, 4.69) is 14.9 Å². The minimum atomic E-state index is -3.12. The summed E-state index contributed by atoms with van der Waals surface area (Å²) in [7, 11) is -3.12. The van der Waals surface area contributed by atoms with Gasteiger partial charge in [-0.1, -0.05) is 11.3 Å². The molecule has 2 atom stereocenters. The third-order valence-corrected chi connectivity index (χ3v) is 7.99. The number of rotatable bonds is 7. The zero-order chi connectivity index (χ0) is 21.4. The first-order valence-corrected chi connectivity index (χ1v) is 13.0. The molecule has 1 aromatic carbocycles. The standard InChI is InChI=1S/C21H24N4O4S2/c1-31(26,27)24-13-15-4-5-16(14-24)25(15)11-12-28-17-6-8-18(9-7-17)29-21-23-20-19(30-21)3-2-10-22-20/h2-3,6-10,15-16H,4-5,11-14H2,1H3/t15-,16+. The minimum absolute atomic E-state index is 0.288. The van der Waals surface area contributed by atoms with Crippen LogP contribution in [-0.2, 0) is 10.0 Å². The van der Waals surface area contributed by atoms with E-state index in [0.29, 0.717) is 36.3 Å². The zero-order valence-corrected chi connectivity index (χ0v) is 18.8. The number of sulfonamides is 1. The monoisotopic (exact) mass is 460 g/mol. The van der Waals surface area contributed by atoms with Crippen LogP contribution in [-0.4, -0.2) is 72.2 Å². The van der Waals surface area contributed by atoms with Crippen molar-refractivity contribution in [2.45, 2.75) is 24.9 Å². The Morgan fingerprint density at radius 1 is 1.10 bits per heavy atom. The van der Waals surface area contributed by atoms with Crippen molar-refractivity contribution >= 4 is 31.7 Å². The van der Waals surface area contributed by atoms with Crippen LogP contribution in [0.3, 0.4) is 0 Å². The third-order valence-electron chi connectivity index (χ3n) is 5.86. The molecule has 164 valence electrons. The molecule has 2 saturated heterocycles. The van der Waals surface area contributed by atoms with Crippen LogP contribution >= 0.6 is 11.3 Å². The molecule has 0 unspecified atom stereocenters. The van der Waals surface area contributed by atoms with E-state index < -0.39 is 10.0 Å². The largest absolute Gasteiger partial charge is 0.492 e. The van der Waals surface area contributed by atoms with Gasteiger partial charge in [0, 0.05) is 37.9 Å². The number of hydrogen-bond acceptors (Lipinski definition) is 8. The summed E-state index contributed by atoms with van der Waals surface area (Å²) in [6.07, 6.45) is 5.11. The molecule has 0 amide bonds. The first-order valence-electron chi connectivity index (χ1n) is 10.3. The number of fused-ring (bicyclic) bond motifs is 3. The van der Waals surface area contributed by atoms with Crippen LogP contribution in [0.4, 0.5) is 0 Å². The summed E-state index contributed by atoms with van der Waals surface area (Å²) in [6.45, 7) is 2.53. The van der Waals surface area contributed by atoms with E-state index in [4.69, 9.17) is 9.47 Å². The molecule has 2 aliphatic heterocycles. The Bertz CT molecular complexity index is 1120. The Balaban J connectivity index is 1.13. The second-order valence-corrected chi connectivity index (χ2v) is 10.9. The van der Waals surface area contributed by atoms with E-state index in [9.17, 15) is 8.42 Å². The summed E-state index contributed by atoms with van der Waals surface area (Å²) in [5, 5.41) is 0.561. The Kier molecular flexibility index (Phi) is 5.55. The first-order chi connectivity index (χ1) is 15.0. The molecule has 0 aliphatic carbocycles. The lowest BCUT2D eigenvalue weighted by molar-refractivity contribution is 0.0930. The molecule has 2 bridgehead atoms. The van der Waals surface area contributed by atoms with Crippen molar-refractivity contribution in [2.75, 3.05) is 32.5 Å². The molecule has 2 fully saturated rings. The van der Waals surface area contributed by atoms with E-state index in [1.54, 1.807) is 10.5 Å². The van der Waals surface area contributed by atoms with Crippen molar-refractivity contribution in [2.24, 2.45) is 0 Å². The van der Waals surface area contributed by atoms with E-state index >= 15 is 0 Å². The molecular weight excluding hydrogens is 436 g/mol. The van der Waals surface area contributed by atoms with Crippen LogP contribution in [0.25, 0.3) is 10.3 Å². The molecule has 8 nitrogen and oxygen atoms in total. The van der Waals surface area contributed by atoms with Crippen molar-refractivity contribution in [1.29, 1.82) is 0 Å². The molecular formula is C21H24N4O4S2. The van der Waals surface area contributed by atoms with Crippen molar-refractivity contribution in [1.82, 2.24) is 19.2 Å². The molecule has 5 rings (SSSR count). The fourth-order valence-corrected chi connectivity index (χ4v) is 6.03. The van der Waals surface area contributed by atoms with Gasteiger partial charge in [0.05, 0.1) is 11.0 Å². The number of thiazole rings is 1. The van der Waals surface area contributed by atoms with Gasteiger partial charge in [0.15, 0.2) is 5.65 Å². The summed E-state index contributed by atoms with van der Waals surface area (Å²) in [4.78, 5) is 11.0. The van der Waals surface area contributed by atoms with Gasteiger partial charge >= 0.3 is 0 Å². The molecule has 10 heteroatoms. The molecule has 0 spiro atoms. The molecule has 2 aliphatic rings. The maximum absolute atomic E-state index is 11.9. The minimum Gasteiger partial charge on any atom is -0.492 e. The molecule has 0 saturated carbocycles. The highest BCUT2D eigenvalue weighted by atomic mass is 32.2. The average Bonchev–Trinajstić information content (AvgIpc) is 3.24. The zero-order valence-electron chi connectivity index (χ0n) is 17.2. The van der Waals surface area contributed by atoms with Gasteiger partial charge in [-0.05, 0) is 49.2 Å². The first kappa shape index (κ1) is 20.6. The van der Waals surface area contributed by atoms with Crippen LogP contribution in [0.1, 0.15) is 12.8 Å². The molecule has 0 radical (unpaired) electrons. The van der Waals surface area contributed by atoms with Crippen molar-refractivity contribution in [3.8, 4) is 16.7 Å². The van der Waals surface area contributed by atoms with Crippen molar-refractivity contribution in [3.05, 3.63) is 42.6 Å². The van der Waals surface area contributed by atoms with Crippen molar-refractivity contribution < 1.29 is 17.9 Å². The van der Waals surface area contributed by atoms with Gasteiger partial charge in [-0.3, -0.25) is 4.90 Å². The predicted octanol–water partition coefficient (Wildman–Crippen LogP) is 2.97. The number of benzene rings is 1.